The average Bonchev–Trinajstić information content (AvgIpc) is 2.48. The Balaban J connectivity index is 1.89. The molecule has 1 N–H and O–H groups in total. The number of allylic oxidation sites excluding steroid dienone is 1. The van der Waals surface area contributed by atoms with Crippen LogP contribution in [0.2, 0.25) is 0 Å². The average molecular weight is 264 g/mol. The summed E-state index contributed by atoms with van der Waals surface area (Å²) in [5.74, 6) is 0.384. The van der Waals surface area contributed by atoms with Gasteiger partial charge in [-0.1, -0.05) is 37.8 Å². The molecule has 2 aromatic rings. The largest absolute Gasteiger partial charge is 0.283 e. The predicted molar refractivity (Wildman–Crippen MR) is 80.1 cm³/mol. The zero-order valence-electron chi connectivity index (χ0n) is 11.4. The smallest absolute Gasteiger partial charge is 0.115 e. The van der Waals surface area contributed by atoms with E-state index in [1.54, 1.807) is 0 Å². The zero-order valence-corrected chi connectivity index (χ0v) is 11.4. The lowest BCUT2D eigenvalue weighted by Crippen LogP contribution is -2.25. The summed E-state index contributed by atoms with van der Waals surface area (Å²) in [6, 6.07) is 8.33. The van der Waals surface area contributed by atoms with Crippen LogP contribution in [0.15, 0.2) is 60.4 Å². The van der Waals surface area contributed by atoms with E-state index in [1.165, 1.54) is 6.33 Å². The molecule has 0 spiro atoms. The van der Waals surface area contributed by atoms with Gasteiger partial charge in [-0.15, -0.1) is 0 Å². The predicted octanol–water partition coefficient (Wildman–Crippen LogP) is 2.99. The SMILES string of the molecule is C=C1C[C@@H](C)C(c2ccc(-c3cncnc3)cc2)=NN1. The summed E-state index contributed by atoms with van der Waals surface area (Å²) >= 11 is 0. The maximum absolute atomic E-state index is 4.41. The molecule has 0 aliphatic carbocycles. The van der Waals surface area contributed by atoms with Crippen molar-refractivity contribution in [1.82, 2.24) is 15.4 Å². The Bertz CT molecular complexity index is 644. The molecule has 0 unspecified atom stereocenters. The van der Waals surface area contributed by atoms with E-state index in [4.69, 9.17) is 0 Å². The van der Waals surface area contributed by atoms with Crippen molar-refractivity contribution in [2.75, 3.05) is 0 Å². The Morgan fingerprint density at radius 2 is 1.70 bits per heavy atom. The molecule has 4 nitrogen and oxygen atoms in total. The summed E-state index contributed by atoms with van der Waals surface area (Å²) in [5.41, 5.74) is 8.29. The zero-order chi connectivity index (χ0) is 13.9. The quantitative estimate of drug-likeness (QED) is 0.907. The molecule has 3 rings (SSSR count). The topological polar surface area (TPSA) is 50.2 Å². The molecule has 1 aromatic carbocycles. The summed E-state index contributed by atoms with van der Waals surface area (Å²) in [6.45, 7) is 6.08. The van der Waals surface area contributed by atoms with Crippen LogP contribution in [-0.2, 0) is 0 Å². The molecule has 20 heavy (non-hydrogen) atoms. The number of benzene rings is 1. The van der Waals surface area contributed by atoms with Gasteiger partial charge in [0.2, 0.25) is 0 Å². The summed E-state index contributed by atoms with van der Waals surface area (Å²) in [6.07, 6.45) is 6.09. The molecule has 1 aliphatic heterocycles. The van der Waals surface area contributed by atoms with Crippen molar-refractivity contribution in [3.05, 3.63) is 60.8 Å². The third kappa shape index (κ3) is 2.45. The third-order valence-corrected chi connectivity index (χ3v) is 3.43. The molecule has 2 heterocycles. The molecule has 1 aliphatic rings. The number of hydrogen-bond acceptors (Lipinski definition) is 4. The molecular formula is C16H16N4. The van der Waals surface area contributed by atoms with Gasteiger partial charge in [0.1, 0.15) is 6.33 Å². The minimum atomic E-state index is 0.384. The van der Waals surface area contributed by atoms with Crippen LogP contribution in [0, 0.1) is 5.92 Å². The second-order valence-electron chi connectivity index (χ2n) is 5.02. The van der Waals surface area contributed by atoms with Crippen LogP contribution in [0.1, 0.15) is 18.9 Å². The second kappa shape index (κ2) is 5.25. The summed E-state index contributed by atoms with van der Waals surface area (Å²) in [7, 11) is 0. The van der Waals surface area contributed by atoms with Gasteiger partial charge in [-0.3, -0.25) is 5.43 Å². The van der Waals surface area contributed by atoms with Crippen LogP contribution < -0.4 is 5.43 Å². The minimum absolute atomic E-state index is 0.384. The molecule has 0 saturated carbocycles. The number of hydrazone groups is 1. The van der Waals surface area contributed by atoms with Gasteiger partial charge in [0.05, 0.1) is 5.71 Å². The fourth-order valence-corrected chi connectivity index (χ4v) is 2.39. The second-order valence-corrected chi connectivity index (χ2v) is 5.02. The number of hydrogen-bond donors (Lipinski definition) is 1. The molecule has 0 amide bonds. The van der Waals surface area contributed by atoms with Gasteiger partial charge in [0.15, 0.2) is 0 Å². The molecule has 0 saturated heterocycles. The molecular weight excluding hydrogens is 248 g/mol. The van der Waals surface area contributed by atoms with E-state index in [0.29, 0.717) is 5.92 Å². The van der Waals surface area contributed by atoms with E-state index in [-0.39, 0.29) is 0 Å². The van der Waals surface area contributed by atoms with Crippen molar-refractivity contribution < 1.29 is 0 Å². The molecule has 1 atom stereocenters. The third-order valence-electron chi connectivity index (χ3n) is 3.43. The maximum Gasteiger partial charge on any atom is 0.115 e. The normalized spacial score (nSPS) is 18.4. The van der Waals surface area contributed by atoms with E-state index in [9.17, 15) is 0 Å². The van der Waals surface area contributed by atoms with E-state index in [2.05, 4.69) is 58.3 Å². The van der Waals surface area contributed by atoms with Crippen molar-refractivity contribution >= 4 is 5.71 Å². The first kappa shape index (κ1) is 12.5. The van der Waals surface area contributed by atoms with Gasteiger partial charge < -0.3 is 0 Å². The Labute approximate surface area is 118 Å². The number of nitrogens with zero attached hydrogens (tertiary/aromatic N) is 3. The highest BCUT2D eigenvalue weighted by Gasteiger charge is 2.18. The van der Waals surface area contributed by atoms with Crippen molar-refractivity contribution in [3.63, 3.8) is 0 Å². The van der Waals surface area contributed by atoms with Crippen LogP contribution >= 0.6 is 0 Å². The molecule has 0 bridgehead atoms. The molecule has 4 heteroatoms. The highest BCUT2D eigenvalue weighted by Crippen LogP contribution is 2.23. The van der Waals surface area contributed by atoms with Gasteiger partial charge in [0, 0.05) is 29.6 Å². The Morgan fingerprint density at radius 3 is 2.35 bits per heavy atom. The summed E-state index contributed by atoms with van der Waals surface area (Å²) in [5, 5.41) is 4.41. The van der Waals surface area contributed by atoms with E-state index in [0.717, 1.165) is 34.5 Å². The Morgan fingerprint density at radius 1 is 1.05 bits per heavy atom. The van der Waals surface area contributed by atoms with Gasteiger partial charge in [-0.25, -0.2) is 9.97 Å². The van der Waals surface area contributed by atoms with Gasteiger partial charge >= 0.3 is 0 Å². The summed E-state index contributed by atoms with van der Waals surface area (Å²) in [4.78, 5) is 8.08. The van der Waals surface area contributed by atoms with Crippen LogP contribution in [0.5, 0.6) is 0 Å². The Hall–Kier alpha value is -2.49. The van der Waals surface area contributed by atoms with Crippen molar-refractivity contribution in [2.24, 2.45) is 11.0 Å². The monoisotopic (exact) mass is 264 g/mol. The fraction of sp³-hybridized carbons (Fsp3) is 0.188. The first-order chi connectivity index (χ1) is 9.74. The maximum atomic E-state index is 4.41. The highest BCUT2D eigenvalue weighted by molar-refractivity contribution is 6.02. The molecule has 0 fully saturated rings. The van der Waals surface area contributed by atoms with Crippen LogP contribution in [0.4, 0.5) is 0 Å². The van der Waals surface area contributed by atoms with Crippen LogP contribution in [0.3, 0.4) is 0 Å². The minimum Gasteiger partial charge on any atom is -0.283 e. The number of nitrogens with one attached hydrogen (secondary N) is 1. The van der Waals surface area contributed by atoms with Crippen molar-refractivity contribution in [3.8, 4) is 11.1 Å². The highest BCUT2D eigenvalue weighted by atomic mass is 15.3. The number of aromatic nitrogens is 2. The lowest BCUT2D eigenvalue weighted by atomic mass is 9.92. The van der Waals surface area contributed by atoms with Gasteiger partial charge in [-0.05, 0) is 17.5 Å². The van der Waals surface area contributed by atoms with Crippen LogP contribution in [0.25, 0.3) is 11.1 Å². The van der Waals surface area contributed by atoms with Gasteiger partial charge in [0.25, 0.3) is 0 Å². The van der Waals surface area contributed by atoms with Crippen LogP contribution in [-0.4, -0.2) is 15.7 Å². The van der Waals surface area contributed by atoms with Gasteiger partial charge in [-0.2, -0.15) is 5.10 Å². The van der Waals surface area contributed by atoms with E-state index >= 15 is 0 Å². The van der Waals surface area contributed by atoms with E-state index in [1.807, 2.05) is 12.4 Å². The van der Waals surface area contributed by atoms with E-state index < -0.39 is 0 Å². The van der Waals surface area contributed by atoms with Crippen molar-refractivity contribution in [1.29, 1.82) is 0 Å². The standard InChI is InChI=1S/C16H16N4/c1-11-7-12(2)19-20-16(11)14-5-3-13(4-6-14)15-8-17-10-18-9-15/h3-6,8-11,19H,2,7H2,1H3/t11-/m1/s1. The molecule has 100 valence electrons. The lowest BCUT2D eigenvalue weighted by molar-refractivity contribution is 0.653. The first-order valence-corrected chi connectivity index (χ1v) is 6.61. The number of rotatable bonds is 2. The first-order valence-electron chi connectivity index (χ1n) is 6.61. The molecule has 1 aromatic heterocycles. The lowest BCUT2D eigenvalue weighted by Gasteiger charge is -2.22. The fourth-order valence-electron chi connectivity index (χ4n) is 2.39. The summed E-state index contributed by atoms with van der Waals surface area (Å²) < 4.78 is 0. The van der Waals surface area contributed by atoms with Crippen molar-refractivity contribution in [2.45, 2.75) is 13.3 Å². The molecule has 0 radical (unpaired) electrons. The Kier molecular flexibility index (Phi) is 3.29.